The molecule has 0 saturated heterocycles. The van der Waals surface area contributed by atoms with E-state index in [2.05, 4.69) is 20.6 Å². The lowest BCUT2D eigenvalue weighted by Crippen LogP contribution is -2.27. The van der Waals surface area contributed by atoms with Crippen molar-refractivity contribution < 1.29 is 14.3 Å². The number of amides is 1. The number of aromatic nitrogens is 5. The summed E-state index contributed by atoms with van der Waals surface area (Å²) in [5, 5.41) is 16.0. The van der Waals surface area contributed by atoms with E-state index in [1.807, 2.05) is 29.8 Å². The van der Waals surface area contributed by atoms with Gasteiger partial charge >= 0.3 is 0 Å². The zero-order valence-electron chi connectivity index (χ0n) is 16.2. The van der Waals surface area contributed by atoms with E-state index in [4.69, 9.17) is 9.47 Å². The topological polar surface area (TPSA) is 96.1 Å². The molecule has 0 bridgehead atoms. The summed E-state index contributed by atoms with van der Waals surface area (Å²) in [7, 11) is 6.81. The first kappa shape index (κ1) is 19.7. The molecule has 0 aliphatic rings. The Morgan fingerprint density at radius 2 is 2.04 bits per heavy atom. The lowest BCUT2D eigenvalue weighted by Gasteiger charge is -2.08. The molecular weight excluding hydrogens is 380 g/mol. The van der Waals surface area contributed by atoms with Gasteiger partial charge in [0.1, 0.15) is 23.5 Å². The quantitative estimate of drug-likeness (QED) is 0.453. The molecular formula is C18H22N6O3S. The normalized spacial score (nSPS) is 10.7. The van der Waals surface area contributed by atoms with Crippen LogP contribution in [0.5, 0.6) is 11.5 Å². The minimum absolute atomic E-state index is 0.193. The van der Waals surface area contributed by atoms with Crippen LogP contribution in [0.4, 0.5) is 0 Å². The van der Waals surface area contributed by atoms with E-state index in [1.54, 1.807) is 38.3 Å². The summed E-state index contributed by atoms with van der Waals surface area (Å²) in [6.07, 6.45) is 1.64. The highest BCUT2D eigenvalue weighted by atomic mass is 32.2. The number of benzene rings is 1. The maximum absolute atomic E-state index is 12.5. The van der Waals surface area contributed by atoms with Gasteiger partial charge in [-0.25, -0.2) is 0 Å². The van der Waals surface area contributed by atoms with Gasteiger partial charge in [0.25, 0.3) is 5.91 Å². The summed E-state index contributed by atoms with van der Waals surface area (Å²) in [6.45, 7) is 0.499. The second kappa shape index (κ2) is 8.79. The zero-order valence-corrected chi connectivity index (χ0v) is 17.0. The van der Waals surface area contributed by atoms with Crippen molar-refractivity contribution in [3.05, 3.63) is 36.3 Å². The molecule has 2 aromatic heterocycles. The number of carbonyl (C=O) groups is 1. The van der Waals surface area contributed by atoms with E-state index in [9.17, 15) is 4.79 Å². The summed E-state index contributed by atoms with van der Waals surface area (Å²) in [6, 6.07) is 7.20. The summed E-state index contributed by atoms with van der Waals surface area (Å²) < 4.78 is 14.1. The summed E-state index contributed by atoms with van der Waals surface area (Å²) >= 11 is 1.53. The predicted octanol–water partition coefficient (Wildman–Crippen LogP) is 1.75. The van der Waals surface area contributed by atoms with Crippen molar-refractivity contribution in [3.63, 3.8) is 0 Å². The van der Waals surface area contributed by atoms with E-state index in [-0.39, 0.29) is 5.91 Å². The fraction of sp³-hybridized carbons (Fsp3) is 0.333. The van der Waals surface area contributed by atoms with Gasteiger partial charge in [-0.3, -0.25) is 9.48 Å². The first-order chi connectivity index (χ1) is 13.5. The third-order valence-corrected chi connectivity index (χ3v) is 5.12. The van der Waals surface area contributed by atoms with Crippen LogP contribution in [-0.2, 0) is 14.1 Å². The van der Waals surface area contributed by atoms with Crippen molar-refractivity contribution in [1.82, 2.24) is 29.9 Å². The number of rotatable bonds is 8. The van der Waals surface area contributed by atoms with Gasteiger partial charge < -0.3 is 19.4 Å². The molecule has 2 heterocycles. The third-order valence-electron chi connectivity index (χ3n) is 4.08. The largest absolute Gasteiger partial charge is 0.497 e. The minimum atomic E-state index is -0.193. The highest BCUT2D eigenvalue weighted by Crippen LogP contribution is 2.32. The molecule has 0 atom stereocenters. The number of nitrogens with zero attached hydrogens (tertiary/aromatic N) is 5. The number of carbonyl (C=O) groups excluding carboxylic acids is 1. The van der Waals surface area contributed by atoms with E-state index >= 15 is 0 Å². The van der Waals surface area contributed by atoms with Crippen LogP contribution in [0.2, 0.25) is 0 Å². The molecule has 1 amide bonds. The second-order valence-electron chi connectivity index (χ2n) is 5.93. The number of nitrogens with one attached hydrogen (secondary N) is 1. The average Bonchev–Trinajstić information content (AvgIpc) is 3.29. The molecule has 0 spiro atoms. The van der Waals surface area contributed by atoms with Gasteiger partial charge in [0.2, 0.25) is 0 Å². The van der Waals surface area contributed by atoms with Crippen LogP contribution in [0.25, 0.3) is 11.3 Å². The highest BCUT2D eigenvalue weighted by Gasteiger charge is 2.17. The fourth-order valence-corrected chi connectivity index (χ4v) is 3.37. The lowest BCUT2D eigenvalue weighted by molar-refractivity contribution is 0.0947. The van der Waals surface area contributed by atoms with Gasteiger partial charge in [-0.1, -0.05) is 11.8 Å². The summed E-state index contributed by atoms with van der Waals surface area (Å²) in [5.41, 5.74) is 1.86. The molecule has 0 unspecified atom stereocenters. The summed E-state index contributed by atoms with van der Waals surface area (Å²) in [4.78, 5) is 12.5. The minimum Gasteiger partial charge on any atom is -0.497 e. The Bertz CT molecular complexity index is 968. The number of hydrogen-bond donors (Lipinski definition) is 1. The average molecular weight is 402 g/mol. The SMILES string of the molecule is COc1ccc(OC)c(-c2cc(C(=O)NCCSc3nncn3C)n(C)n2)c1. The van der Waals surface area contributed by atoms with Crippen LogP contribution in [0.1, 0.15) is 10.5 Å². The van der Waals surface area contributed by atoms with Crippen molar-refractivity contribution in [1.29, 1.82) is 0 Å². The first-order valence-corrected chi connectivity index (χ1v) is 9.53. The van der Waals surface area contributed by atoms with Crippen molar-refractivity contribution >= 4 is 17.7 Å². The Labute approximate surface area is 167 Å². The Morgan fingerprint density at radius 1 is 1.21 bits per heavy atom. The van der Waals surface area contributed by atoms with E-state index in [1.165, 1.54) is 11.8 Å². The Morgan fingerprint density at radius 3 is 2.71 bits per heavy atom. The van der Waals surface area contributed by atoms with Gasteiger partial charge in [0.15, 0.2) is 5.16 Å². The lowest BCUT2D eigenvalue weighted by atomic mass is 10.1. The molecule has 0 radical (unpaired) electrons. The van der Waals surface area contributed by atoms with Crippen LogP contribution in [-0.4, -0.2) is 57.0 Å². The predicted molar refractivity (Wildman–Crippen MR) is 106 cm³/mol. The molecule has 1 N–H and O–H groups in total. The van der Waals surface area contributed by atoms with E-state index < -0.39 is 0 Å². The first-order valence-electron chi connectivity index (χ1n) is 8.55. The maximum atomic E-state index is 12.5. The number of hydrogen-bond acceptors (Lipinski definition) is 7. The van der Waals surface area contributed by atoms with E-state index in [0.29, 0.717) is 35.2 Å². The number of thioether (sulfide) groups is 1. The van der Waals surface area contributed by atoms with Crippen LogP contribution < -0.4 is 14.8 Å². The Balaban J connectivity index is 1.68. The van der Waals surface area contributed by atoms with Crippen LogP contribution in [0.3, 0.4) is 0 Å². The number of ether oxygens (including phenoxy) is 2. The molecule has 3 aromatic rings. The standard InChI is InChI=1S/C18H22N6O3S/c1-23-11-20-21-18(23)28-8-7-19-17(25)15-10-14(22-24(15)2)13-9-12(26-3)5-6-16(13)27-4/h5-6,9-11H,7-8H2,1-4H3,(H,19,25). The van der Waals surface area contributed by atoms with E-state index in [0.717, 1.165) is 10.7 Å². The van der Waals surface area contributed by atoms with Crippen molar-refractivity contribution in [2.24, 2.45) is 14.1 Å². The molecule has 28 heavy (non-hydrogen) atoms. The maximum Gasteiger partial charge on any atom is 0.269 e. The Kier molecular flexibility index (Phi) is 6.19. The molecule has 0 aliphatic heterocycles. The van der Waals surface area contributed by atoms with Gasteiger partial charge in [-0.15, -0.1) is 10.2 Å². The van der Waals surface area contributed by atoms with Crippen molar-refractivity contribution in [2.45, 2.75) is 5.16 Å². The zero-order chi connectivity index (χ0) is 20.1. The van der Waals surface area contributed by atoms with Gasteiger partial charge in [0.05, 0.1) is 19.9 Å². The Hall–Kier alpha value is -3.01. The van der Waals surface area contributed by atoms with Crippen molar-refractivity contribution in [3.8, 4) is 22.8 Å². The van der Waals surface area contributed by atoms with Gasteiger partial charge in [-0.05, 0) is 24.3 Å². The van der Waals surface area contributed by atoms with Gasteiger partial charge in [0, 0.05) is 32.0 Å². The molecule has 0 aliphatic carbocycles. The highest BCUT2D eigenvalue weighted by molar-refractivity contribution is 7.99. The third kappa shape index (κ3) is 4.28. The van der Waals surface area contributed by atoms with Gasteiger partial charge in [-0.2, -0.15) is 5.10 Å². The summed E-state index contributed by atoms with van der Waals surface area (Å²) in [5.74, 6) is 1.84. The molecule has 0 saturated carbocycles. The number of methoxy groups -OCH3 is 2. The van der Waals surface area contributed by atoms with Crippen LogP contribution in [0, 0.1) is 0 Å². The molecule has 9 nitrogen and oxygen atoms in total. The molecule has 3 rings (SSSR count). The monoisotopic (exact) mass is 402 g/mol. The van der Waals surface area contributed by atoms with Crippen LogP contribution in [0.15, 0.2) is 35.7 Å². The second-order valence-corrected chi connectivity index (χ2v) is 7.00. The smallest absolute Gasteiger partial charge is 0.269 e. The van der Waals surface area contributed by atoms with Crippen molar-refractivity contribution in [2.75, 3.05) is 26.5 Å². The molecule has 0 fully saturated rings. The molecule has 148 valence electrons. The fourth-order valence-electron chi connectivity index (χ4n) is 2.63. The molecule has 10 heteroatoms. The number of aryl methyl sites for hydroxylation is 2. The van der Waals surface area contributed by atoms with Crippen LogP contribution >= 0.6 is 11.8 Å². The molecule has 1 aromatic carbocycles.